The van der Waals surface area contributed by atoms with Crippen LogP contribution in [0.25, 0.3) is 0 Å². The van der Waals surface area contributed by atoms with E-state index in [1.54, 1.807) is 0 Å². The average Bonchev–Trinajstić information content (AvgIpc) is 2.62. The van der Waals surface area contributed by atoms with Crippen molar-refractivity contribution in [2.45, 2.75) is 44.6 Å². The standard InChI is InChI=1S/C17H28N2O3/c20-13-14-10-15(17(21)18-6-8-22-9-7-18)12-19(11-14)16-4-2-1-3-5-16/h13-16H,1-12H2/t14-,15+/m0/s1. The number of hydrogen-bond donors (Lipinski definition) is 0. The first-order valence-corrected chi connectivity index (χ1v) is 8.84. The number of ether oxygens (including phenoxy) is 1. The van der Waals surface area contributed by atoms with Gasteiger partial charge >= 0.3 is 0 Å². The zero-order chi connectivity index (χ0) is 15.4. The fraction of sp³-hybridized carbons (Fsp3) is 0.882. The lowest BCUT2D eigenvalue weighted by molar-refractivity contribution is -0.143. The van der Waals surface area contributed by atoms with Gasteiger partial charge in [-0.15, -0.1) is 0 Å². The third kappa shape index (κ3) is 3.69. The number of carbonyl (C=O) groups is 2. The number of piperidine rings is 1. The number of likely N-dealkylation sites (tertiary alicyclic amines) is 1. The van der Waals surface area contributed by atoms with Gasteiger partial charge in [0.05, 0.1) is 19.1 Å². The molecular formula is C17H28N2O3. The minimum absolute atomic E-state index is 0.0102. The van der Waals surface area contributed by atoms with Crippen molar-refractivity contribution in [2.24, 2.45) is 11.8 Å². The molecule has 124 valence electrons. The lowest BCUT2D eigenvalue weighted by atomic mass is 9.85. The predicted octanol–water partition coefficient (Wildman–Crippen LogP) is 1.31. The second kappa shape index (κ2) is 7.55. The molecule has 0 spiro atoms. The van der Waals surface area contributed by atoms with Crippen LogP contribution in [0.5, 0.6) is 0 Å². The van der Waals surface area contributed by atoms with Crippen molar-refractivity contribution in [1.82, 2.24) is 9.80 Å². The second-order valence-corrected chi connectivity index (χ2v) is 7.01. The number of amides is 1. The SMILES string of the molecule is O=C[C@H]1C[C@@H](C(=O)N2CCOCC2)CN(C2CCCCC2)C1. The maximum absolute atomic E-state index is 12.8. The summed E-state index contributed by atoms with van der Waals surface area (Å²) in [6.45, 7) is 4.37. The Morgan fingerprint density at radius 2 is 1.77 bits per heavy atom. The van der Waals surface area contributed by atoms with Crippen molar-refractivity contribution < 1.29 is 14.3 Å². The van der Waals surface area contributed by atoms with Crippen molar-refractivity contribution in [3.63, 3.8) is 0 Å². The van der Waals surface area contributed by atoms with Crippen LogP contribution < -0.4 is 0 Å². The summed E-state index contributed by atoms with van der Waals surface area (Å²) in [5.74, 6) is 0.241. The van der Waals surface area contributed by atoms with E-state index in [0.717, 1.165) is 25.8 Å². The van der Waals surface area contributed by atoms with Gasteiger partial charge in [-0.2, -0.15) is 0 Å². The molecular weight excluding hydrogens is 280 g/mol. The Bertz CT molecular complexity index is 389. The summed E-state index contributed by atoms with van der Waals surface area (Å²) in [6, 6.07) is 0.580. The van der Waals surface area contributed by atoms with Gasteiger partial charge in [0, 0.05) is 38.1 Å². The maximum atomic E-state index is 12.8. The highest BCUT2D eigenvalue weighted by molar-refractivity contribution is 5.79. The number of morpholine rings is 1. The van der Waals surface area contributed by atoms with Crippen LogP contribution in [0, 0.1) is 11.8 Å². The van der Waals surface area contributed by atoms with Gasteiger partial charge < -0.3 is 14.4 Å². The Hall–Kier alpha value is -0.940. The monoisotopic (exact) mass is 308 g/mol. The van der Waals surface area contributed by atoms with Gasteiger partial charge in [0.25, 0.3) is 0 Å². The molecule has 2 saturated heterocycles. The molecule has 2 heterocycles. The lowest BCUT2D eigenvalue weighted by Gasteiger charge is -2.43. The third-order valence-corrected chi connectivity index (χ3v) is 5.47. The van der Waals surface area contributed by atoms with Gasteiger partial charge in [-0.25, -0.2) is 0 Å². The topological polar surface area (TPSA) is 49.9 Å². The first-order chi connectivity index (χ1) is 10.8. The molecule has 5 heteroatoms. The summed E-state index contributed by atoms with van der Waals surface area (Å²) in [5.41, 5.74) is 0. The molecule has 2 aliphatic heterocycles. The van der Waals surface area contributed by atoms with Crippen LogP contribution in [-0.2, 0) is 14.3 Å². The summed E-state index contributed by atoms with van der Waals surface area (Å²) >= 11 is 0. The number of rotatable bonds is 3. The predicted molar refractivity (Wildman–Crippen MR) is 83.5 cm³/mol. The zero-order valence-electron chi connectivity index (χ0n) is 13.4. The molecule has 22 heavy (non-hydrogen) atoms. The van der Waals surface area contributed by atoms with E-state index in [1.165, 1.54) is 32.1 Å². The minimum atomic E-state index is -0.0102. The first-order valence-electron chi connectivity index (χ1n) is 8.84. The molecule has 0 aromatic heterocycles. The Kier molecular flexibility index (Phi) is 5.47. The Morgan fingerprint density at radius 1 is 1.05 bits per heavy atom. The fourth-order valence-corrected chi connectivity index (χ4v) is 4.24. The number of nitrogens with zero attached hydrogens (tertiary/aromatic N) is 2. The highest BCUT2D eigenvalue weighted by Gasteiger charge is 2.36. The molecule has 0 N–H and O–H groups in total. The van der Waals surface area contributed by atoms with E-state index >= 15 is 0 Å². The van der Waals surface area contributed by atoms with Crippen molar-refractivity contribution in [1.29, 1.82) is 0 Å². The summed E-state index contributed by atoms with van der Waals surface area (Å²) in [5, 5.41) is 0. The molecule has 1 amide bonds. The van der Waals surface area contributed by atoms with E-state index < -0.39 is 0 Å². The number of hydrogen-bond acceptors (Lipinski definition) is 4. The summed E-state index contributed by atoms with van der Waals surface area (Å²) < 4.78 is 5.34. The smallest absolute Gasteiger partial charge is 0.227 e. The van der Waals surface area contributed by atoms with E-state index in [-0.39, 0.29) is 17.7 Å². The summed E-state index contributed by atoms with van der Waals surface area (Å²) in [6.07, 6.45) is 8.15. The molecule has 0 radical (unpaired) electrons. The average molecular weight is 308 g/mol. The van der Waals surface area contributed by atoms with Crippen molar-refractivity contribution in [3.8, 4) is 0 Å². The molecule has 0 bridgehead atoms. The van der Waals surface area contributed by atoms with Crippen LogP contribution in [0.2, 0.25) is 0 Å². The van der Waals surface area contributed by atoms with E-state index in [2.05, 4.69) is 4.90 Å². The maximum Gasteiger partial charge on any atom is 0.227 e. The van der Waals surface area contributed by atoms with Crippen LogP contribution >= 0.6 is 0 Å². The van der Waals surface area contributed by atoms with Crippen molar-refractivity contribution in [2.75, 3.05) is 39.4 Å². The molecule has 5 nitrogen and oxygen atoms in total. The normalized spacial score (nSPS) is 31.9. The molecule has 0 aromatic carbocycles. The Labute approximate surface area is 133 Å². The molecule has 2 atom stereocenters. The van der Waals surface area contributed by atoms with Gasteiger partial charge in [-0.1, -0.05) is 19.3 Å². The minimum Gasteiger partial charge on any atom is -0.378 e. The van der Waals surface area contributed by atoms with Crippen LogP contribution in [0.15, 0.2) is 0 Å². The van der Waals surface area contributed by atoms with Crippen LogP contribution in [0.4, 0.5) is 0 Å². The molecule has 0 aromatic rings. The molecule has 1 aliphatic carbocycles. The molecule has 0 unspecified atom stereocenters. The summed E-state index contributed by atoms with van der Waals surface area (Å²) in [4.78, 5) is 28.5. The van der Waals surface area contributed by atoms with Crippen LogP contribution in [0.3, 0.4) is 0 Å². The first kappa shape index (κ1) is 15.9. The number of aldehydes is 1. The van der Waals surface area contributed by atoms with Crippen molar-refractivity contribution >= 4 is 12.2 Å². The van der Waals surface area contributed by atoms with Gasteiger partial charge in [-0.05, 0) is 19.3 Å². The second-order valence-electron chi connectivity index (χ2n) is 7.01. The Morgan fingerprint density at radius 3 is 2.45 bits per heavy atom. The van der Waals surface area contributed by atoms with Gasteiger partial charge in [0.1, 0.15) is 6.29 Å². The van der Waals surface area contributed by atoms with Crippen LogP contribution in [0.1, 0.15) is 38.5 Å². The van der Waals surface area contributed by atoms with Gasteiger partial charge in [0.2, 0.25) is 5.91 Å². The summed E-state index contributed by atoms with van der Waals surface area (Å²) in [7, 11) is 0. The van der Waals surface area contributed by atoms with Gasteiger partial charge in [-0.3, -0.25) is 9.69 Å². The van der Waals surface area contributed by atoms with Gasteiger partial charge in [0.15, 0.2) is 0 Å². The van der Waals surface area contributed by atoms with Crippen molar-refractivity contribution in [3.05, 3.63) is 0 Å². The number of carbonyl (C=O) groups excluding carboxylic acids is 2. The molecule has 3 aliphatic rings. The highest BCUT2D eigenvalue weighted by Crippen LogP contribution is 2.29. The molecule has 1 saturated carbocycles. The van der Waals surface area contributed by atoms with E-state index in [9.17, 15) is 9.59 Å². The molecule has 3 fully saturated rings. The quantitative estimate of drug-likeness (QED) is 0.738. The van der Waals surface area contributed by atoms with E-state index in [4.69, 9.17) is 4.74 Å². The zero-order valence-corrected chi connectivity index (χ0v) is 13.4. The largest absolute Gasteiger partial charge is 0.378 e. The molecule has 3 rings (SSSR count). The van der Waals surface area contributed by atoms with E-state index in [1.807, 2.05) is 4.90 Å². The van der Waals surface area contributed by atoms with Crippen LogP contribution in [-0.4, -0.2) is 67.4 Å². The third-order valence-electron chi connectivity index (χ3n) is 5.47. The van der Waals surface area contributed by atoms with E-state index in [0.29, 0.717) is 32.3 Å². The fourth-order valence-electron chi connectivity index (χ4n) is 4.24. The Balaban J connectivity index is 1.64. The highest BCUT2D eigenvalue weighted by atomic mass is 16.5. The lowest BCUT2D eigenvalue weighted by Crippen LogP contribution is -2.53.